The van der Waals surface area contributed by atoms with E-state index in [1.807, 2.05) is 11.9 Å². The lowest BCUT2D eigenvalue weighted by Gasteiger charge is -2.36. The third-order valence-corrected chi connectivity index (χ3v) is 3.46. The number of rotatable bonds is 5. The fourth-order valence-corrected chi connectivity index (χ4v) is 2.30. The van der Waals surface area contributed by atoms with Crippen molar-refractivity contribution in [2.45, 2.75) is 31.8 Å². The fourth-order valence-electron chi connectivity index (χ4n) is 2.30. The van der Waals surface area contributed by atoms with Gasteiger partial charge in [-0.15, -0.1) is 0 Å². The summed E-state index contributed by atoms with van der Waals surface area (Å²) in [6.07, 6.45) is 2.08. The Bertz CT molecular complexity index is 301. The molecular formula is C12H23N3O3. The molecule has 1 saturated heterocycles. The van der Waals surface area contributed by atoms with Gasteiger partial charge < -0.3 is 20.2 Å². The highest BCUT2D eigenvalue weighted by atomic mass is 16.4. The van der Waals surface area contributed by atoms with E-state index in [1.165, 1.54) is 6.92 Å². The first-order valence-electron chi connectivity index (χ1n) is 6.29. The highest BCUT2D eigenvalue weighted by molar-refractivity contribution is 5.82. The lowest BCUT2D eigenvalue weighted by molar-refractivity contribution is -0.142. The minimum absolute atomic E-state index is 0.306. The molecule has 104 valence electrons. The number of carboxylic acid groups (broad SMARTS) is 1. The van der Waals surface area contributed by atoms with E-state index in [0.717, 1.165) is 25.9 Å². The van der Waals surface area contributed by atoms with Crippen molar-refractivity contribution in [3.63, 3.8) is 0 Å². The Hall–Kier alpha value is -1.14. The van der Waals surface area contributed by atoms with Crippen molar-refractivity contribution in [3.8, 4) is 0 Å². The molecule has 1 aliphatic rings. The largest absolute Gasteiger partial charge is 0.480 e. The summed E-state index contributed by atoms with van der Waals surface area (Å²) in [5.41, 5.74) is 0. The third kappa shape index (κ3) is 4.62. The summed E-state index contributed by atoms with van der Waals surface area (Å²) in [4.78, 5) is 26.3. The first kappa shape index (κ1) is 14.9. The number of likely N-dealkylation sites (N-methyl/N-ethyl adjacent to an activating group) is 1. The fraction of sp³-hybridized carbons (Fsp3) is 0.833. The van der Waals surface area contributed by atoms with Gasteiger partial charge in [-0.25, -0.2) is 4.79 Å². The van der Waals surface area contributed by atoms with E-state index >= 15 is 0 Å². The third-order valence-electron chi connectivity index (χ3n) is 3.46. The van der Waals surface area contributed by atoms with Crippen LogP contribution in [0.2, 0.25) is 0 Å². The highest BCUT2D eigenvalue weighted by Gasteiger charge is 2.26. The Balaban J connectivity index is 2.47. The number of carbonyl (C=O) groups is 2. The predicted octanol–water partition coefficient (Wildman–Crippen LogP) is -0.398. The zero-order valence-corrected chi connectivity index (χ0v) is 11.3. The van der Waals surface area contributed by atoms with Crippen LogP contribution < -0.4 is 5.32 Å². The summed E-state index contributed by atoms with van der Waals surface area (Å²) in [7, 11) is 4.02. The molecule has 1 aliphatic heterocycles. The van der Waals surface area contributed by atoms with E-state index in [4.69, 9.17) is 5.11 Å². The molecule has 18 heavy (non-hydrogen) atoms. The van der Waals surface area contributed by atoms with Crippen molar-refractivity contribution in [1.29, 1.82) is 0 Å². The Morgan fingerprint density at radius 1 is 1.44 bits per heavy atom. The molecule has 0 aromatic heterocycles. The van der Waals surface area contributed by atoms with E-state index in [0.29, 0.717) is 12.6 Å². The Morgan fingerprint density at radius 3 is 2.44 bits per heavy atom. The molecule has 1 unspecified atom stereocenters. The van der Waals surface area contributed by atoms with Gasteiger partial charge >= 0.3 is 5.97 Å². The first-order valence-corrected chi connectivity index (χ1v) is 6.29. The number of nitrogens with one attached hydrogen (secondary N) is 1. The van der Waals surface area contributed by atoms with E-state index < -0.39 is 12.0 Å². The van der Waals surface area contributed by atoms with Crippen molar-refractivity contribution in [1.82, 2.24) is 15.1 Å². The van der Waals surface area contributed by atoms with Crippen LogP contribution in [0.15, 0.2) is 0 Å². The molecular weight excluding hydrogens is 234 g/mol. The summed E-state index contributed by atoms with van der Waals surface area (Å²) in [5, 5.41) is 11.5. The van der Waals surface area contributed by atoms with Crippen LogP contribution in [0.25, 0.3) is 0 Å². The number of likely N-dealkylation sites (tertiary alicyclic amines) is 1. The molecule has 0 aromatic rings. The number of carboxylic acids is 1. The molecule has 0 bridgehead atoms. The van der Waals surface area contributed by atoms with Crippen molar-refractivity contribution in [2.24, 2.45) is 0 Å². The van der Waals surface area contributed by atoms with Gasteiger partial charge in [0.25, 0.3) is 0 Å². The van der Waals surface area contributed by atoms with Gasteiger partial charge in [-0.3, -0.25) is 4.79 Å². The van der Waals surface area contributed by atoms with Gasteiger partial charge in [-0.2, -0.15) is 0 Å². The molecule has 0 aliphatic carbocycles. The van der Waals surface area contributed by atoms with Crippen LogP contribution in [-0.4, -0.2) is 72.6 Å². The van der Waals surface area contributed by atoms with Crippen molar-refractivity contribution in [3.05, 3.63) is 0 Å². The maximum Gasteiger partial charge on any atom is 0.327 e. The lowest BCUT2D eigenvalue weighted by atomic mass is 10.0. The average molecular weight is 257 g/mol. The monoisotopic (exact) mass is 257 g/mol. The maximum atomic E-state index is 11.1. The van der Waals surface area contributed by atoms with Crippen LogP contribution in [0.5, 0.6) is 0 Å². The number of hydrogen-bond acceptors (Lipinski definition) is 4. The molecule has 0 saturated carbocycles. The Labute approximate surface area is 108 Å². The van der Waals surface area contributed by atoms with E-state index in [9.17, 15) is 9.59 Å². The van der Waals surface area contributed by atoms with Gasteiger partial charge in [0.05, 0.1) is 0 Å². The molecule has 1 heterocycles. The second-order valence-electron chi connectivity index (χ2n) is 5.07. The van der Waals surface area contributed by atoms with Crippen LogP contribution >= 0.6 is 0 Å². The number of piperidine rings is 1. The van der Waals surface area contributed by atoms with Crippen LogP contribution in [0, 0.1) is 0 Å². The summed E-state index contributed by atoms with van der Waals surface area (Å²) >= 11 is 0. The molecule has 2 N–H and O–H groups in total. The smallest absolute Gasteiger partial charge is 0.327 e. The van der Waals surface area contributed by atoms with Gasteiger partial charge in [-0.1, -0.05) is 0 Å². The van der Waals surface area contributed by atoms with Gasteiger partial charge in [0.2, 0.25) is 5.91 Å². The van der Waals surface area contributed by atoms with Gasteiger partial charge in [0.1, 0.15) is 6.04 Å². The topological polar surface area (TPSA) is 72.9 Å². The standard InChI is InChI=1S/C12H23N3O3/c1-9(16)13-11(12(17)18)8-15(3)10-4-6-14(2)7-5-10/h10-11H,4-8H2,1-3H3,(H,13,16)(H,17,18). The molecule has 1 fully saturated rings. The van der Waals surface area contributed by atoms with Crippen LogP contribution in [-0.2, 0) is 9.59 Å². The maximum absolute atomic E-state index is 11.1. The molecule has 0 aromatic carbocycles. The van der Waals surface area contributed by atoms with E-state index in [2.05, 4.69) is 17.3 Å². The van der Waals surface area contributed by atoms with Crippen molar-refractivity contribution >= 4 is 11.9 Å². The van der Waals surface area contributed by atoms with Crippen molar-refractivity contribution < 1.29 is 14.7 Å². The predicted molar refractivity (Wildman–Crippen MR) is 68.4 cm³/mol. The quantitative estimate of drug-likeness (QED) is 0.701. The van der Waals surface area contributed by atoms with E-state index in [1.54, 1.807) is 0 Å². The van der Waals surface area contributed by atoms with Crippen LogP contribution in [0.1, 0.15) is 19.8 Å². The van der Waals surface area contributed by atoms with Gasteiger partial charge in [0, 0.05) is 19.5 Å². The molecule has 1 atom stereocenters. The summed E-state index contributed by atoms with van der Waals surface area (Å²) in [5.74, 6) is -1.29. The molecule has 0 spiro atoms. The highest BCUT2D eigenvalue weighted by Crippen LogP contribution is 2.14. The normalized spacial score (nSPS) is 19.8. The number of carbonyl (C=O) groups excluding carboxylic acids is 1. The lowest BCUT2D eigenvalue weighted by Crippen LogP contribution is -2.51. The molecule has 6 heteroatoms. The van der Waals surface area contributed by atoms with Crippen molar-refractivity contribution in [2.75, 3.05) is 33.7 Å². The van der Waals surface area contributed by atoms with E-state index in [-0.39, 0.29) is 5.91 Å². The zero-order valence-electron chi connectivity index (χ0n) is 11.3. The second-order valence-corrected chi connectivity index (χ2v) is 5.07. The number of amides is 1. The summed E-state index contributed by atoms with van der Waals surface area (Å²) in [6.45, 7) is 3.76. The van der Waals surface area contributed by atoms with Gasteiger partial charge in [0.15, 0.2) is 0 Å². The molecule has 1 amide bonds. The minimum Gasteiger partial charge on any atom is -0.480 e. The molecule has 1 rings (SSSR count). The van der Waals surface area contributed by atoms with Crippen LogP contribution in [0.4, 0.5) is 0 Å². The average Bonchev–Trinajstić information content (AvgIpc) is 2.28. The molecule has 6 nitrogen and oxygen atoms in total. The number of hydrogen-bond donors (Lipinski definition) is 2. The minimum atomic E-state index is -0.982. The Kier molecular flexibility index (Phi) is 5.55. The summed E-state index contributed by atoms with van der Waals surface area (Å²) < 4.78 is 0. The summed E-state index contributed by atoms with van der Waals surface area (Å²) in [6, 6.07) is -0.427. The first-order chi connectivity index (χ1) is 8.40. The second kappa shape index (κ2) is 6.70. The number of nitrogens with zero attached hydrogens (tertiary/aromatic N) is 2. The Morgan fingerprint density at radius 2 is 2.00 bits per heavy atom. The molecule has 0 radical (unpaired) electrons. The SMILES string of the molecule is CC(=O)NC(CN(C)C1CCN(C)CC1)C(=O)O. The van der Waals surface area contributed by atoms with Crippen LogP contribution in [0.3, 0.4) is 0 Å². The zero-order chi connectivity index (χ0) is 13.7. The van der Waals surface area contributed by atoms with Gasteiger partial charge in [-0.05, 0) is 40.0 Å². The number of aliphatic carboxylic acids is 1.